The van der Waals surface area contributed by atoms with Gasteiger partial charge in [0, 0.05) is 30.2 Å². The minimum atomic E-state index is -0.692. The van der Waals surface area contributed by atoms with Gasteiger partial charge in [-0.3, -0.25) is 4.79 Å². The number of halogens is 2. The molecule has 0 bridgehead atoms. The molecule has 1 aliphatic heterocycles. The van der Waals surface area contributed by atoms with E-state index >= 15 is 0 Å². The Morgan fingerprint density at radius 3 is 2.78 bits per heavy atom. The van der Waals surface area contributed by atoms with Crippen LogP contribution in [0.5, 0.6) is 0 Å². The molecule has 1 fully saturated rings. The van der Waals surface area contributed by atoms with Crippen molar-refractivity contribution in [2.75, 3.05) is 18.4 Å². The van der Waals surface area contributed by atoms with Crippen molar-refractivity contribution in [3.63, 3.8) is 0 Å². The molecular formula is C15H15F2N3O2S. The Bertz CT molecular complexity index is 702. The predicted molar refractivity (Wildman–Crippen MR) is 82.9 cm³/mol. The maximum Gasteiger partial charge on any atom is 0.273 e. The highest BCUT2D eigenvalue weighted by atomic mass is 32.1. The summed E-state index contributed by atoms with van der Waals surface area (Å²) in [6.07, 6.45) is 0.947. The van der Waals surface area contributed by atoms with Crippen molar-refractivity contribution in [1.29, 1.82) is 0 Å². The summed E-state index contributed by atoms with van der Waals surface area (Å²) in [7, 11) is 0. The molecular weight excluding hydrogens is 324 g/mol. The van der Waals surface area contributed by atoms with Gasteiger partial charge in [0.25, 0.3) is 5.91 Å². The number of benzene rings is 1. The monoisotopic (exact) mass is 339 g/mol. The van der Waals surface area contributed by atoms with Crippen LogP contribution < -0.4 is 5.32 Å². The number of likely N-dealkylation sites (tertiary alicyclic amines) is 1. The van der Waals surface area contributed by atoms with Crippen molar-refractivity contribution in [2.24, 2.45) is 0 Å². The number of piperidine rings is 1. The van der Waals surface area contributed by atoms with Gasteiger partial charge in [-0.05, 0) is 25.0 Å². The Kier molecular flexibility index (Phi) is 4.53. The molecule has 1 aromatic carbocycles. The molecule has 1 aliphatic rings. The van der Waals surface area contributed by atoms with E-state index in [2.05, 4.69) is 10.3 Å². The first-order valence-corrected chi connectivity index (χ1v) is 8.05. The number of aliphatic hydroxyl groups excluding tert-OH is 1. The van der Waals surface area contributed by atoms with Crippen molar-refractivity contribution in [3.05, 3.63) is 40.9 Å². The number of nitrogens with one attached hydrogen (secondary N) is 1. The molecule has 0 spiro atoms. The van der Waals surface area contributed by atoms with Crippen molar-refractivity contribution in [3.8, 4) is 0 Å². The summed E-state index contributed by atoms with van der Waals surface area (Å²) in [4.78, 5) is 18.0. The maximum absolute atomic E-state index is 13.2. The predicted octanol–water partition coefficient (Wildman–Crippen LogP) is 2.76. The van der Waals surface area contributed by atoms with Gasteiger partial charge in [0.05, 0.1) is 6.10 Å². The molecule has 3 rings (SSSR count). The van der Waals surface area contributed by atoms with E-state index in [1.807, 2.05) is 0 Å². The van der Waals surface area contributed by atoms with Crippen molar-refractivity contribution in [1.82, 2.24) is 9.88 Å². The molecule has 1 aromatic heterocycles. The highest BCUT2D eigenvalue weighted by Gasteiger charge is 2.24. The van der Waals surface area contributed by atoms with Gasteiger partial charge in [0.15, 0.2) is 5.13 Å². The Morgan fingerprint density at radius 1 is 1.35 bits per heavy atom. The van der Waals surface area contributed by atoms with Gasteiger partial charge in [0.1, 0.15) is 17.3 Å². The molecule has 2 N–H and O–H groups in total. The molecule has 23 heavy (non-hydrogen) atoms. The molecule has 122 valence electrons. The Hall–Kier alpha value is -2.06. The van der Waals surface area contributed by atoms with E-state index < -0.39 is 17.7 Å². The third kappa shape index (κ3) is 3.83. The molecule has 0 aliphatic carbocycles. The van der Waals surface area contributed by atoms with Gasteiger partial charge in [-0.15, -0.1) is 11.3 Å². The number of rotatable bonds is 3. The van der Waals surface area contributed by atoms with Gasteiger partial charge in [-0.2, -0.15) is 0 Å². The van der Waals surface area contributed by atoms with Crippen LogP contribution in [0.2, 0.25) is 0 Å². The number of hydrogen-bond donors (Lipinski definition) is 2. The minimum Gasteiger partial charge on any atom is -0.391 e. The summed E-state index contributed by atoms with van der Waals surface area (Å²) in [5.41, 5.74) is 0.479. The second-order valence-electron chi connectivity index (χ2n) is 5.37. The first-order valence-electron chi connectivity index (χ1n) is 7.17. The van der Waals surface area contributed by atoms with E-state index in [0.717, 1.165) is 24.6 Å². The highest BCUT2D eigenvalue weighted by Crippen LogP contribution is 2.23. The fraction of sp³-hybridized carbons (Fsp3) is 0.333. The summed E-state index contributed by atoms with van der Waals surface area (Å²) in [6, 6.07) is 3.07. The smallest absolute Gasteiger partial charge is 0.273 e. The van der Waals surface area contributed by atoms with Gasteiger partial charge >= 0.3 is 0 Å². The lowest BCUT2D eigenvalue weighted by Crippen LogP contribution is -2.42. The molecule has 0 saturated carbocycles. The number of anilines is 2. The number of thiazole rings is 1. The van der Waals surface area contributed by atoms with E-state index in [1.54, 1.807) is 10.3 Å². The SMILES string of the molecule is O=C(c1csc(Nc2cc(F)cc(F)c2)n1)N1CCCC(O)C1. The fourth-order valence-electron chi connectivity index (χ4n) is 2.48. The summed E-state index contributed by atoms with van der Waals surface area (Å²) < 4.78 is 26.3. The number of hydrogen-bond acceptors (Lipinski definition) is 5. The van der Waals surface area contributed by atoms with Crippen LogP contribution in [0.1, 0.15) is 23.3 Å². The van der Waals surface area contributed by atoms with Crippen LogP contribution in [0.3, 0.4) is 0 Å². The van der Waals surface area contributed by atoms with Crippen LogP contribution in [-0.2, 0) is 0 Å². The average Bonchev–Trinajstić information content (AvgIpc) is 2.94. The van der Waals surface area contributed by atoms with Crippen LogP contribution in [0.4, 0.5) is 19.6 Å². The van der Waals surface area contributed by atoms with Crippen LogP contribution >= 0.6 is 11.3 Å². The maximum atomic E-state index is 13.2. The highest BCUT2D eigenvalue weighted by molar-refractivity contribution is 7.14. The second kappa shape index (κ2) is 6.59. The zero-order chi connectivity index (χ0) is 16.4. The summed E-state index contributed by atoms with van der Waals surface area (Å²) in [6.45, 7) is 0.888. The topological polar surface area (TPSA) is 65.5 Å². The third-order valence-electron chi connectivity index (χ3n) is 3.52. The van der Waals surface area contributed by atoms with Gasteiger partial charge in [-0.1, -0.05) is 0 Å². The summed E-state index contributed by atoms with van der Waals surface area (Å²) in [5, 5.41) is 14.4. The molecule has 0 radical (unpaired) electrons. The number of β-amino-alcohol motifs (C(OH)–C–C–N with tert-alkyl or cyclic N) is 1. The number of amides is 1. The largest absolute Gasteiger partial charge is 0.391 e. The quantitative estimate of drug-likeness (QED) is 0.902. The normalized spacial score (nSPS) is 18.0. The summed E-state index contributed by atoms with van der Waals surface area (Å²) in [5.74, 6) is -1.64. The van der Waals surface area contributed by atoms with Crippen LogP contribution in [0, 0.1) is 11.6 Å². The first-order chi connectivity index (χ1) is 11.0. The molecule has 1 atom stereocenters. The van der Waals surface area contributed by atoms with Crippen LogP contribution in [0.25, 0.3) is 0 Å². The Balaban J connectivity index is 1.71. The lowest BCUT2D eigenvalue weighted by atomic mass is 10.1. The number of aromatic nitrogens is 1. The van der Waals surface area contributed by atoms with Gasteiger partial charge in [0.2, 0.25) is 0 Å². The fourth-order valence-corrected chi connectivity index (χ4v) is 3.18. The molecule has 1 saturated heterocycles. The van der Waals surface area contributed by atoms with E-state index in [1.165, 1.54) is 11.3 Å². The number of carbonyl (C=O) groups excluding carboxylic acids is 1. The number of nitrogens with zero attached hydrogens (tertiary/aromatic N) is 2. The standard InChI is InChI=1S/C15H15F2N3O2S/c16-9-4-10(17)6-11(5-9)18-15-19-13(8-23-15)14(22)20-3-1-2-12(21)7-20/h4-6,8,12,21H,1-3,7H2,(H,18,19). The minimum absolute atomic E-state index is 0.226. The van der Waals surface area contributed by atoms with E-state index in [0.29, 0.717) is 24.6 Å². The third-order valence-corrected chi connectivity index (χ3v) is 4.28. The molecule has 2 heterocycles. The Labute approximate surface area is 135 Å². The molecule has 1 unspecified atom stereocenters. The molecule has 1 amide bonds. The average molecular weight is 339 g/mol. The molecule has 5 nitrogen and oxygen atoms in total. The van der Waals surface area contributed by atoms with Crippen molar-refractivity contribution < 1.29 is 18.7 Å². The first kappa shape index (κ1) is 15.8. The van der Waals surface area contributed by atoms with Crippen LogP contribution in [-0.4, -0.2) is 40.1 Å². The van der Waals surface area contributed by atoms with E-state index in [9.17, 15) is 18.7 Å². The zero-order valence-corrected chi connectivity index (χ0v) is 12.9. The lowest BCUT2D eigenvalue weighted by Gasteiger charge is -2.29. The van der Waals surface area contributed by atoms with Crippen molar-refractivity contribution >= 4 is 28.1 Å². The van der Waals surface area contributed by atoms with Gasteiger partial charge in [-0.25, -0.2) is 13.8 Å². The Morgan fingerprint density at radius 2 is 2.09 bits per heavy atom. The number of carbonyl (C=O) groups is 1. The summed E-state index contributed by atoms with van der Waals surface area (Å²) >= 11 is 1.17. The lowest BCUT2D eigenvalue weighted by molar-refractivity contribution is 0.0469. The van der Waals surface area contributed by atoms with Crippen LogP contribution in [0.15, 0.2) is 23.6 Å². The van der Waals surface area contributed by atoms with Gasteiger partial charge < -0.3 is 15.3 Å². The second-order valence-corrected chi connectivity index (χ2v) is 6.23. The number of aliphatic hydroxyl groups is 1. The van der Waals surface area contributed by atoms with E-state index in [-0.39, 0.29) is 17.3 Å². The molecule has 2 aromatic rings. The molecule has 8 heteroatoms. The van der Waals surface area contributed by atoms with E-state index in [4.69, 9.17) is 0 Å². The zero-order valence-electron chi connectivity index (χ0n) is 12.1. The van der Waals surface area contributed by atoms with Crippen molar-refractivity contribution in [2.45, 2.75) is 18.9 Å².